The maximum absolute atomic E-state index is 14.0. The largest absolute Gasteiger partial charge is 0.504 e. The Morgan fingerprint density at radius 3 is 2.45 bits per heavy atom. The fourth-order valence-corrected chi connectivity index (χ4v) is 8.92. The van der Waals surface area contributed by atoms with E-state index >= 15 is 0 Å². The highest BCUT2D eigenvalue weighted by molar-refractivity contribution is 5.95. The quantitative estimate of drug-likeness (QED) is 0.0396. The first-order valence-corrected chi connectivity index (χ1v) is 18.5. The van der Waals surface area contributed by atoms with Crippen molar-refractivity contribution in [3.63, 3.8) is 0 Å². The number of nitrogens with one attached hydrogen (secondary N) is 2. The highest BCUT2D eigenvalue weighted by Gasteiger charge is 2.44. The zero-order chi connectivity index (χ0) is 36.6. The Morgan fingerprint density at radius 1 is 1.06 bits per heavy atom. The number of ketones is 1. The number of guanidine groups is 1. The number of aliphatic imine (C=N–C) groups is 1. The lowest BCUT2D eigenvalue weighted by atomic mass is 9.74. The van der Waals surface area contributed by atoms with E-state index in [1.807, 2.05) is 31.3 Å². The lowest BCUT2D eigenvalue weighted by Crippen LogP contribution is -2.43. The van der Waals surface area contributed by atoms with E-state index in [-0.39, 0.29) is 34.6 Å². The summed E-state index contributed by atoms with van der Waals surface area (Å²) in [5, 5.41) is 38.2. The number of allylic oxidation sites excluding steroid dienone is 2. The first-order valence-electron chi connectivity index (χ1n) is 18.5. The number of anilines is 1. The molecule has 11 nitrogen and oxygen atoms in total. The molecule has 51 heavy (non-hydrogen) atoms. The number of methoxy groups -OCH3 is 2. The summed E-state index contributed by atoms with van der Waals surface area (Å²) in [5.41, 5.74) is 7.21. The van der Waals surface area contributed by atoms with Crippen molar-refractivity contribution in [2.45, 2.75) is 107 Å². The van der Waals surface area contributed by atoms with Crippen molar-refractivity contribution in [1.29, 1.82) is 0 Å². The monoisotopic (exact) mass is 706 g/mol. The second-order valence-corrected chi connectivity index (χ2v) is 15.1. The third kappa shape index (κ3) is 8.81. The number of benzene rings is 2. The van der Waals surface area contributed by atoms with E-state index in [1.54, 1.807) is 19.2 Å². The van der Waals surface area contributed by atoms with Crippen LogP contribution in [0.3, 0.4) is 0 Å². The first kappa shape index (κ1) is 38.4. The molecule has 3 aliphatic carbocycles. The summed E-state index contributed by atoms with van der Waals surface area (Å²) >= 11 is 0. The molecule has 3 atom stereocenters. The van der Waals surface area contributed by atoms with Crippen LogP contribution in [-0.2, 0) is 21.4 Å². The second kappa shape index (κ2) is 16.7. The number of phenols is 2. The minimum atomic E-state index is -0.828. The standard InChI is InChI=1S/C40H58N4O7/c1-42-26-40(19-13-28(25-40)21-35(47)50-4)51-33-23-29(22-30(36(33)48)44-37(41)43-2)38(14-5-6-15-38)18-9-10-34(46)39(16-7-8-17-39)24-27-11-12-31(45)32(20-27)49-3/h9-12,20,22-23,28,35,42,45,47-48H,5-8,13-19,21,24-26H2,1-4H3,(H3,41,43,44). The fourth-order valence-electron chi connectivity index (χ4n) is 8.92. The van der Waals surface area contributed by atoms with E-state index in [0.29, 0.717) is 49.4 Å². The predicted molar refractivity (Wildman–Crippen MR) is 200 cm³/mol. The van der Waals surface area contributed by atoms with Gasteiger partial charge in [-0.2, -0.15) is 0 Å². The van der Waals surface area contributed by atoms with E-state index in [9.17, 15) is 20.1 Å². The molecular weight excluding hydrogens is 648 g/mol. The Labute approximate surface area is 302 Å². The Balaban J connectivity index is 1.43. The molecular formula is C40H58N4O7. The molecule has 3 unspecified atom stereocenters. The van der Waals surface area contributed by atoms with Gasteiger partial charge in [0.05, 0.1) is 12.8 Å². The average molecular weight is 707 g/mol. The van der Waals surface area contributed by atoms with E-state index in [0.717, 1.165) is 75.3 Å². The van der Waals surface area contributed by atoms with Crippen LogP contribution in [0.2, 0.25) is 0 Å². The number of hydrogen-bond acceptors (Lipinski definition) is 9. The van der Waals surface area contributed by atoms with Crippen LogP contribution >= 0.6 is 0 Å². The van der Waals surface area contributed by atoms with Gasteiger partial charge in [-0.3, -0.25) is 9.79 Å². The maximum atomic E-state index is 14.0. The van der Waals surface area contributed by atoms with E-state index < -0.39 is 17.3 Å². The number of likely N-dealkylation sites (N-methyl/N-ethyl adjacent to an activating group) is 1. The summed E-state index contributed by atoms with van der Waals surface area (Å²) < 4.78 is 17.3. The summed E-state index contributed by atoms with van der Waals surface area (Å²) in [6, 6.07) is 9.28. The Hall–Kier alpha value is -3.80. The lowest BCUT2D eigenvalue weighted by Gasteiger charge is -2.34. The summed E-state index contributed by atoms with van der Waals surface area (Å²) in [5.74, 6) is 1.38. The maximum Gasteiger partial charge on any atom is 0.192 e. The number of nitrogens with two attached hydrogens (primary N) is 1. The van der Waals surface area contributed by atoms with Crippen LogP contribution in [0.25, 0.3) is 0 Å². The normalized spacial score (nSPS) is 23.5. The number of carbonyl (C=O) groups is 1. The third-order valence-electron chi connectivity index (χ3n) is 11.7. The Morgan fingerprint density at radius 2 is 1.78 bits per heavy atom. The molecule has 2 aromatic carbocycles. The van der Waals surface area contributed by atoms with Crippen molar-refractivity contribution in [1.82, 2.24) is 5.32 Å². The van der Waals surface area contributed by atoms with Crippen molar-refractivity contribution >= 4 is 17.4 Å². The van der Waals surface area contributed by atoms with Gasteiger partial charge >= 0.3 is 0 Å². The highest BCUT2D eigenvalue weighted by atomic mass is 16.6. The van der Waals surface area contributed by atoms with Crippen molar-refractivity contribution in [2.75, 3.05) is 40.2 Å². The molecule has 0 saturated heterocycles. The van der Waals surface area contributed by atoms with Gasteiger partial charge in [0, 0.05) is 32.5 Å². The number of aromatic hydroxyl groups is 2. The van der Waals surface area contributed by atoms with Gasteiger partial charge < -0.3 is 45.9 Å². The summed E-state index contributed by atoms with van der Waals surface area (Å²) in [7, 11) is 6.52. The molecule has 0 aliphatic heterocycles. The number of hydrogen-bond donors (Lipinski definition) is 6. The molecule has 280 valence electrons. The molecule has 3 saturated carbocycles. The SMILES string of the molecule is CN=C(N)Nc1cc(C2(CC=CC(=O)C3(Cc4ccc(O)c(OC)c4)CCCC3)CCCC2)cc(OC2(CNC)CCC(CC(O)OC)C2)c1O. The van der Waals surface area contributed by atoms with Crippen molar-refractivity contribution in [3.05, 3.63) is 53.6 Å². The number of phenolic OH excluding ortho intramolecular Hbond substituents is 2. The van der Waals surface area contributed by atoms with Gasteiger partial charge in [0.15, 0.2) is 41.0 Å². The smallest absolute Gasteiger partial charge is 0.192 e. The minimum absolute atomic E-state index is 0.0332. The molecule has 3 aliphatic rings. The van der Waals surface area contributed by atoms with Crippen LogP contribution in [-0.4, -0.2) is 73.8 Å². The van der Waals surface area contributed by atoms with Crippen LogP contribution in [0.5, 0.6) is 23.0 Å². The third-order valence-corrected chi connectivity index (χ3v) is 11.7. The molecule has 0 aromatic heterocycles. The van der Waals surface area contributed by atoms with Crippen molar-refractivity contribution in [2.24, 2.45) is 22.1 Å². The first-order chi connectivity index (χ1) is 24.5. The van der Waals surface area contributed by atoms with E-state index in [1.165, 1.54) is 14.2 Å². The number of carbonyl (C=O) groups excluding carboxylic acids is 1. The van der Waals surface area contributed by atoms with Crippen molar-refractivity contribution in [3.8, 4) is 23.0 Å². The van der Waals surface area contributed by atoms with Gasteiger partial charge in [-0.15, -0.1) is 0 Å². The zero-order valence-corrected chi connectivity index (χ0v) is 30.8. The van der Waals surface area contributed by atoms with Crippen LogP contribution in [0.15, 0.2) is 47.5 Å². The van der Waals surface area contributed by atoms with Gasteiger partial charge in [0.2, 0.25) is 0 Å². The Kier molecular flexibility index (Phi) is 12.6. The summed E-state index contributed by atoms with van der Waals surface area (Å²) in [4.78, 5) is 18.1. The molecule has 5 rings (SSSR count). The van der Waals surface area contributed by atoms with E-state index in [2.05, 4.69) is 21.7 Å². The summed E-state index contributed by atoms with van der Waals surface area (Å²) in [6.07, 6.45) is 14.8. The number of ether oxygens (including phenoxy) is 3. The van der Waals surface area contributed by atoms with Crippen molar-refractivity contribution < 1.29 is 34.3 Å². The number of aliphatic hydroxyl groups excluding tert-OH is 1. The van der Waals surface area contributed by atoms with Crippen LogP contribution in [0.4, 0.5) is 5.69 Å². The number of nitrogens with zero attached hydrogens (tertiary/aromatic N) is 1. The molecule has 0 radical (unpaired) electrons. The predicted octanol–water partition coefficient (Wildman–Crippen LogP) is 6.09. The zero-order valence-electron chi connectivity index (χ0n) is 30.8. The Bertz CT molecular complexity index is 1560. The van der Waals surface area contributed by atoms with Crippen LogP contribution < -0.4 is 25.8 Å². The molecule has 0 spiro atoms. The van der Waals surface area contributed by atoms with E-state index in [4.69, 9.17) is 19.9 Å². The molecule has 0 heterocycles. The molecule has 0 bridgehead atoms. The highest BCUT2D eigenvalue weighted by Crippen LogP contribution is 2.51. The van der Waals surface area contributed by atoms with Crippen LogP contribution in [0, 0.1) is 11.3 Å². The van der Waals surface area contributed by atoms with Gasteiger partial charge in [0.25, 0.3) is 0 Å². The average Bonchev–Trinajstić information content (AvgIpc) is 3.89. The minimum Gasteiger partial charge on any atom is -0.504 e. The van der Waals surface area contributed by atoms with Gasteiger partial charge in [-0.05, 0) is 118 Å². The molecule has 2 aromatic rings. The van der Waals surface area contributed by atoms with Gasteiger partial charge in [-0.25, -0.2) is 0 Å². The van der Waals surface area contributed by atoms with Crippen LogP contribution in [0.1, 0.15) is 94.6 Å². The lowest BCUT2D eigenvalue weighted by molar-refractivity contribution is -0.123. The second-order valence-electron chi connectivity index (χ2n) is 15.1. The molecule has 3 fully saturated rings. The molecule has 11 heteroatoms. The van der Waals surface area contributed by atoms with Gasteiger partial charge in [0.1, 0.15) is 5.60 Å². The number of aliphatic hydroxyl groups is 1. The fraction of sp³-hybridized carbons (Fsp3) is 0.600. The topological polar surface area (TPSA) is 168 Å². The number of rotatable bonds is 16. The molecule has 0 amide bonds. The summed E-state index contributed by atoms with van der Waals surface area (Å²) in [6.45, 7) is 0.576. The van der Waals surface area contributed by atoms with Gasteiger partial charge in [-0.1, -0.05) is 37.8 Å². The molecule has 7 N–H and O–H groups in total.